The van der Waals surface area contributed by atoms with Crippen molar-refractivity contribution in [1.29, 1.82) is 0 Å². The minimum Gasteiger partial charge on any atom is -0.402 e. The van der Waals surface area contributed by atoms with Gasteiger partial charge in [0, 0.05) is 30.1 Å². The largest absolute Gasteiger partial charge is 0.402 e. The smallest absolute Gasteiger partial charge is 0.0378 e. The van der Waals surface area contributed by atoms with Crippen LogP contribution in [0.15, 0.2) is 16.3 Å². The number of aliphatic imine (C=N–C) groups is 1. The van der Waals surface area contributed by atoms with Crippen LogP contribution in [-0.2, 0) is 0 Å². The van der Waals surface area contributed by atoms with Crippen molar-refractivity contribution < 1.29 is 0 Å². The topological polar surface area (TPSA) is 64.4 Å². The maximum absolute atomic E-state index is 5.70. The van der Waals surface area contributed by atoms with Gasteiger partial charge in [0.2, 0.25) is 0 Å². The fraction of sp³-hybridized carbons (Fsp3) is 0.625. The van der Waals surface area contributed by atoms with Crippen LogP contribution in [0, 0.1) is 0 Å². The summed E-state index contributed by atoms with van der Waals surface area (Å²) in [5, 5.41) is 0. The van der Waals surface area contributed by atoms with E-state index in [1.807, 2.05) is 20.8 Å². The predicted octanol–water partition coefficient (Wildman–Crippen LogP) is 0.657. The summed E-state index contributed by atoms with van der Waals surface area (Å²) in [6.07, 6.45) is 0. The van der Waals surface area contributed by atoms with Crippen LogP contribution in [0.25, 0.3) is 0 Å². The predicted molar refractivity (Wildman–Crippen MR) is 49.6 cm³/mol. The van der Waals surface area contributed by atoms with Crippen molar-refractivity contribution in [3.63, 3.8) is 0 Å². The molecule has 0 rings (SSSR count). The van der Waals surface area contributed by atoms with Gasteiger partial charge in [0.05, 0.1) is 0 Å². The molecule has 0 aliphatic carbocycles. The van der Waals surface area contributed by atoms with Gasteiger partial charge in [0.1, 0.15) is 0 Å². The molecule has 0 bridgehead atoms. The van der Waals surface area contributed by atoms with Crippen molar-refractivity contribution >= 4 is 5.71 Å². The zero-order valence-electron chi connectivity index (χ0n) is 7.68. The fourth-order valence-corrected chi connectivity index (χ4v) is 1.09. The van der Waals surface area contributed by atoms with Gasteiger partial charge in [-0.15, -0.1) is 0 Å². The van der Waals surface area contributed by atoms with Crippen molar-refractivity contribution in [2.75, 3.05) is 7.05 Å². The lowest BCUT2D eigenvalue weighted by molar-refractivity contribution is 0.877. The first-order valence-corrected chi connectivity index (χ1v) is 3.66. The first-order valence-electron chi connectivity index (χ1n) is 3.66. The van der Waals surface area contributed by atoms with E-state index in [-0.39, 0.29) is 6.04 Å². The Labute approximate surface area is 68.2 Å². The molecule has 0 saturated carbocycles. The summed E-state index contributed by atoms with van der Waals surface area (Å²) in [4.78, 5) is 4.03. The van der Waals surface area contributed by atoms with Gasteiger partial charge in [-0.25, -0.2) is 0 Å². The monoisotopic (exact) mass is 155 g/mol. The van der Waals surface area contributed by atoms with Gasteiger partial charge in [-0.05, 0) is 20.8 Å². The van der Waals surface area contributed by atoms with Gasteiger partial charge in [-0.3, -0.25) is 4.99 Å². The summed E-state index contributed by atoms with van der Waals surface area (Å²) in [7, 11) is 1.74. The maximum atomic E-state index is 5.70. The molecule has 0 fully saturated rings. The van der Waals surface area contributed by atoms with Crippen molar-refractivity contribution in [2.45, 2.75) is 26.8 Å². The minimum atomic E-state index is -0.0382. The highest BCUT2D eigenvalue weighted by atomic mass is 14.7. The number of hydrogen-bond donors (Lipinski definition) is 2. The average Bonchev–Trinajstić information content (AvgIpc) is 1.85. The molecule has 0 saturated heterocycles. The summed E-state index contributed by atoms with van der Waals surface area (Å²) >= 11 is 0. The van der Waals surface area contributed by atoms with E-state index in [4.69, 9.17) is 11.5 Å². The summed E-state index contributed by atoms with van der Waals surface area (Å²) in [6, 6.07) is -0.0382. The minimum absolute atomic E-state index is 0.0382. The number of allylic oxidation sites excluding steroid dienone is 1. The van der Waals surface area contributed by atoms with E-state index >= 15 is 0 Å². The fourth-order valence-electron chi connectivity index (χ4n) is 1.09. The molecule has 4 N–H and O–H groups in total. The van der Waals surface area contributed by atoms with Gasteiger partial charge < -0.3 is 11.5 Å². The van der Waals surface area contributed by atoms with Gasteiger partial charge >= 0.3 is 0 Å². The molecule has 0 aromatic carbocycles. The van der Waals surface area contributed by atoms with Crippen LogP contribution in [0.2, 0.25) is 0 Å². The Morgan fingerprint density at radius 1 is 1.36 bits per heavy atom. The first kappa shape index (κ1) is 10.2. The third-order valence-corrected chi connectivity index (χ3v) is 1.61. The van der Waals surface area contributed by atoms with Crippen molar-refractivity contribution in [3.05, 3.63) is 11.3 Å². The Balaban J connectivity index is 4.79. The summed E-state index contributed by atoms with van der Waals surface area (Å²) in [6.45, 7) is 5.66. The van der Waals surface area contributed by atoms with Crippen LogP contribution in [-0.4, -0.2) is 18.8 Å². The highest BCUT2D eigenvalue weighted by molar-refractivity contribution is 5.99. The molecule has 0 aliphatic rings. The molecule has 0 aliphatic heterocycles. The summed E-state index contributed by atoms with van der Waals surface area (Å²) in [5.41, 5.74) is 13.9. The highest BCUT2D eigenvalue weighted by Crippen LogP contribution is 2.05. The molecule has 64 valence electrons. The van der Waals surface area contributed by atoms with Crippen LogP contribution in [0.3, 0.4) is 0 Å². The summed E-state index contributed by atoms with van der Waals surface area (Å²) in [5.74, 6) is 0. The van der Waals surface area contributed by atoms with E-state index in [1.165, 1.54) is 0 Å². The van der Waals surface area contributed by atoms with Crippen LogP contribution in [0.4, 0.5) is 0 Å². The van der Waals surface area contributed by atoms with Gasteiger partial charge in [-0.1, -0.05) is 0 Å². The summed E-state index contributed by atoms with van der Waals surface area (Å²) < 4.78 is 0. The van der Waals surface area contributed by atoms with E-state index in [1.54, 1.807) is 7.05 Å². The van der Waals surface area contributed by atoms with E-state index < -0.39 is 0 Å². The molecule has 1 unspecified atom stereocenters. The maximum Gasteiger partial charge on any atom is 0.0378 e. The second-order valence-electron chi connectivity index (χ2n) is 2.69. The van der Waals surface area contributed by atoms with Crippen LogP contribution < -0.4 is 11.5 Å². The Bertz CT molecular complexity index is 186. The third-order valence-electron chi connectivity index (χ3n) is 1.61. The van der Waals surface area contributed by atoms with Crippen LogP contribution in [0.1, 0.15) is 20.8 Å². The first-order chi connectivity index (χ1) is 5.00. The van der Waals surface area contributed by atoms with Crippen LogP contribution >= 0.6 is 0 Å². The number of nitrogens with two attached hydrogens (primary N) is 2. The second-order valence-corrected chi connectivity index (χ2v) is 2.69. The molecule has 0 radical (unpaired) electrons. The van der Waals surface area contributed by atoms with Crippen molar-refractivity contribution in [1.82, 2.24) is 0 Å². The van der Waals surface area contributed by atoms with E-state index in [2.05, 4.69) is 4.99 Å². The molecule has 11 heavy (non-hydrogen) atoms. The van der Waals surface area contributed by atoms with E-state index in [0.717, 1.165) is 17.0 Å². The molecule has 0 heterocycles. The molecule has 0 aromatic rings. The quantitative estimate of drug-likeness (QED) is 0.575. The lowest BCUT2D eigenvalue weighted by atomic mass is 10.0. The normalized spacial score (nSPS) is 17.7. The molecule has 3 nitrogen and oxygen atoms in total. The van der Waals surface area contributed by atoms with Crippen molar-refractivity contribution in [2.24, 2.45) is 16.5 Å². The third kappa shape index (κ3) is 2.72. The molecule has 0 spiro atoms. The van der Waals surface area contributed by atoms with E-state index in [9.17, 15) is 0 Å². The average molecular weight is 155 g/mol. The molecule has 3 heteroatoms. The van der Waals surface area contributed by atoms with Gasteiger partial charge in [0.25, 0.3) is 0 Å². The lowest BCUT2D eigenvalue weighted by Crippen LogP contribution is -2.25. The van der Waals surface area contributed by atoms with Crippen molar-refractivity contribution in [3.8, 4) is 0 Å². The zero-order valence-corrected chi connectivity index (χ0v) is 7.68. The van der Waals surface area contributed by atoms with E-state index in [0.29, 0.717) is 0 Å². The molecule has 1 atom stereocenters. The standard InChI is InChI=1S/C8H17N3/c1-5(9)8(6(2)10)7(3)11-4/h5H,9-10H2,1-4H3/b8-6-,11-7?. The number of rotatable bonds is 2. The van der Waals surface area contributed by atoms with Gasteiger partial charge in [0.15, 0.2) is 0 Å². The second kappa shape index (κ2) is 4.13. The molecule has 0 amide bonds. The number of nitrogens with zero attached hydrogens (tertiary/aromatic N) is 1. The SMILES string of the molecule is CN=C(C)/C(=C(/C)N)C(C)N. The molecular formula is C8H17N3. The Hall–Kier alpha value is -0.830. The Morgan fingerprint density at radius 2 is 1.82 bits per heavy atom. The number of hydrogen-bond acceptors (Lipinski definition) is 3. The molecule has 0 aromatic heterocycles. The van der Waals surface area contributed by atoms with Crippen LogP contribution in [0.5, 0.6) is 0 Å². The lowest BCUT2D eigenvalue weighted by Gasteiger charge is -2.12. The Morgan fingerprint density at radius 3 is 1.91 bits per heavy atom. The Kier molecular flexibility index (Phi) is 3.82. The zero-order chi connectivity index (χ0) is 9.02. The molecular weight excluding hydrogens is 138 g/mol. The van der Waals surface area contributed by atoms with Gasteiger partial charge in [-0.2, -0.15) is 0 Å². The highest BCUT2D eigenvalue weighted by Gasteiger charge is 2.08.